The number of aryl methyl sites for hydroxylation is 1. The van der Waals surface area contributed by atoms with Crippen molar-refractivity contribution in [2.75, 3.05) is 101 Å². The fourth-order valence-corrected chi connectivity index (χ4v) is 10.6. The molecule has 10 heteroatoms. The zero-order valence-corrected chi connectivity index (χ0v) is 38.0. The van der Waals surface area contributed by atoms with Crippen molar-refractivity contribution in [3.8, 4) is 0 Å². The molecule has 0 aliphatic carbocycles. The molecule has 4 aliphatic rings. The topological polar surface area (TPSA) is 71.0 Å². The van der Waals surface area contributed by atoms with Crippen LogP contribution in [0.2, 0.25) is 0 Å². The summed E-state index contributed by atoms with van der Waals surface area (Å²) < 4.78 is 0. The number of nitrogens with zero attached hydrogens (tertiary/aromatic N) is 10. The average Bonchev–Trinajstić information content (AvgIpc) is 3.34. The molecule has 4 aliphatic heterocycles. The van der Waals surface area contributed by atoms with Gasteiger partial charge in [0.25, 0.3) is 0 Å². The molecule has 3 aromatic carbocycles. The van der Waals surface area contributed by atoms with E-state index in [0.717, 1.165) is 104 Å². The second-order valence-corrected chi connectivity index (χ2v) is 18.6. The van der Waals surface area contributed by atoms with Gasteiger partial charge in [0.1, 0.15) is 5.82 Å². The predicted molar refractivity (Wildman–Crippen MR) is 259 cm³/mol. The van der Waals surface area contributed by atoms with Gasteiger partial charge in [-0.1, -0.05) is 72.8 Å². The Kier molecular flexibility index (Phi) is 14.2. The molecule has 0 saturated carbocycles. The monoisotopic (exact) mass is 845 g/mol. The molecule has 10 nitrogen and oxygen atoms in total. The number of piperidine rings is 2. The molecular formula is C53H68N10. The molecule has 4 atom stereocenters. The van der Waals surface area contributed by atoms with Gasteiger partial charge in [0.15, 0.2) is 11.5 Å². The van der Waals surface area contributed by atoms with Gasteiger partial charge in [0.05, 0.1) is 16.7 Å². The number of pyridine rings is 2. The third-order valence-corrected chi connectivity index (χ3v) is 14.3. The van der Waals surface area contributed by atoms with Crippen molar-refractivity contribution in [3.63, 3.8) is 0 Å². The summed E-state index contributed by atoms with van der Waals surface area (Å²) in [6, 6.07) is 39.5. The van der Waals surface area contributed by atoms with Gasteiger partial charge in [-0.3, -0.25) is 19.6 Å². The molecular weight excluding hydrogens is 777 g/mol. The summed E-state index contributed by atoms with van der Waals surface area (Å²) in [6.07, 6.45) is 7.16. The highest BCUT2D eigenvalue weighted by Crippen LogP contribution is 2.30. The third kappa shape index (κ3) is 10.9. The van der Waals surface area contributed by atoms with Gasteiger partial charge in [-0.25, -0.2) is 19.9 Å². The van der Waals surface area contributed by atoms with Gasteiger partial charge >= 0.3 is 0 Å². The molecule has 10 rings (SSSR count). The average molecular weight is 845 g/mol. The highest BCUT2D eigenvalue weighted by atomic mass is 15.3. The Bertz CT molecular complexity index is 2340. The van der Waals surface area contributed by atoms with Crippen molar-refractivity contribution in [1.29, 1.82) is 0 Å². The van der Waals surface area contributed by atoms with Crippen LogP contribution in [0.25, 0.3) is 22.1 Å². The van der Waals surface area contributed by atoms with Crippen LogP contribution in [0.3, 0.4) is 0 Å². The van der Waals surface area contributed by atoms with Crippen molar-refractivity contribution in [2.45, 2.75) is 58.5 Å². The van der Waals surface area contributed by atoms with Crippen LogP contribution in [-0.2, 0) is 0 Å². The van der Waals surface area contributed by atoms with Crippen molar-refractivity contribution in [3.05, 3.63) is 132 Å². The second kappa shape index (κ2) is 20.7. The molecule has 0 amide bonds. The van der Waals surface area contributed by atoms with E-state index >= 15 is 0 Å². The van der Waals surface area contributed by atoms with Gasteiger partial charge in [-0.15, -0.1) is 0 Å². The zero-order chi connectivity index (χ0) is 43.0. The van der Waals surface area contributed by atoms with Crippen LogP contribution in [0.4, 0.5) is 11.6 Å². The van der Waals surface area contributed by atoms with E-state index in [1.807, 2.05) is 30.5 Å². The lowest BCUT2D eigenvalue weighted by atomic mass is 9.94. The minimum absolute atomic E-state index is 0.505. The minimum atomic E-state index is 0.505. The number of benzene rings is 3. The third-order valence-electron chi connectivity index (χ3n) is 14.3. The molecule has 0 N–H and O–H groups in total. The SMILES string of the molecule is CC(c1ccccc1)N1CCCC(CN2CCN(c3ccc4cccnc4n3)CC2)C1.Cc1nc2ccccc2nc1N1CCN(CC2CCCN(C(C)c3ccccc3)C2)CC1. The Morgan fingerprint density at radius 1 is 0.524 bits per heavy atom. The number of hydrogen-bond donors (Lipinski definition) is 0. The zero-order valence-electron chi connectivity index (χ0n) is 38.0. The van der Waals surface area contributed by atoms with Crippen LogP contribution in [-0.4, -0.2) is 131 Å². The maximum Gasteiger partial charge on any atom is 0.161 e. The van der Waals surface area contributed by atoms with Crippen molar-refractivity contribution < 1.29 is 0 Å². The van der Waals surface area contributed by atoms with Crippen LogP contribution < -0.4 is 9.80 Å². The van der Waals surface area contributed by atoms with Gasteiger partial charge in [0.2, 0.25) is 0 Å². The van der Waals surface area contributed by atoms with Crippen LogP contribution in [0.5, 0.6) is 0 Å². The Hall–Kier alpha value is -5.00. The number of anilines is 2. The van der Waals surface area contributed by atoms with E-state index in [9.17, 15) is 0 Å². The Morgan fingerprint density at radius 2 is 1.05 bits per heavy atom. The van der Waals surface area contributed by atoms with Crippen molar-refractivity contribution in [2.24, 2.45) is 11.8 Å². The fraction of sp³-hybridized carbons (Fsp3) is 0.472. The van der Waals surface area contributed by atoms with E-state index in [4.69, 9.17) is 15.0 Å². The summed E-state index contributed by atoms with van der Waals surface area (Å²) in [4.78, 5) is 34.5. The molecule has 330 valence electrons. The van der Waals surface area contributed by atoms with E-state index in [-0.39, 0.29) is 0 Å². The van der Waals surface area contributed by atoms with E-state index in [2.05, 4.69) is 140 Å². The Labute approximate surface area is 376 Å². The van der Waals surface area contributed by atoms with E-state index in [1.165, 1.54) is 76.1 Å². The maximum atomic E-state index is 4.94. The first kappa shape index (κ1) is 43.3. The molecule has 6 aromatic rings. The first-order chi connectivity index (χ1) is 30.9. The number of fused-ring (bicyclic) bond motifs is 2. The smallest absolute Gasteiger partial charge is 0.161 e. The largest absolute Gasteiger partial charge is 0.354 e. The fourth-order valence-electron chi connectivity index (χ4n) is 10.6. The van der Waals surface area contributed by atoms with E-state index in [1.54, 1.807) is 0 Å². The van der Waals surface area contributed by atoms with Crippen molar-refractivity contribution >= 4 is 33.7 Å². The van der Waals surface area contributed by atoms with Crippen LogP contribution >= 0.6 is 0 Å². The summed E-state index contributed by atoms with van der Waals surface area (Å²) in [6.45, 7) is 22.7. The first-order valence-corrected chi connectivity index (χ1v) is 23.9. The number of aromatic nitrogens is 4. The summed E-state index contributed by atoms with van der Waals surface area (Å²) in [5, 5.41) is 1.11. The van der Waals surface area contributed by atoms with E-state index < -0.39 is 0 Å². The Balaban J connectivity index is 0.000000160. The summed E-state index contributed by atoms with van der Waals surface area (Å²) in [5.41, 5.74) is 6.74. The normalized spacial score (nSPS) is 21.8. The molecule has 4 fully saturated rings. The number of para-hydroxylation sites is 2. The van der Waals surface area contributed by atoms with Crippen LogP contribution in [0, 0.1) is 18.8 Å². The standard InChI is InChI=1S/C27H35N5.C26H33N5/c1-21-27(29-26-13-7-6-12-25(26)28-21)31-17-15-30(16-18-31)19-23-9-8-14-32(20-23)22(2)24-10-4-3-5-11-24;1-21(23-8-3-2-4-9-23)31-14-6-7-22(20-31)19-29-15-17-30(18-16-29)25-12-11-24-10-5-13-27-26(24)28-25/h3-7,10-13,22-23H,8-9,14-20H2,1-2H3;2-5,8-13,21-22H,6-7,14-20H2,1H3. The number of hydrogen-bond acceptors (Lipinski definition) is 10. The quantitative estimate of drug-likeness (QED) is 0.134. The summed E-state index contributed by atoms with van der Waals surface area (Å²) in [5.74, 6) is 3.66. The molecule has 0 radical (unpaired) electrons. The highest BCUT2D eigenvalue weighted by Gasteiger charge is 2.29. The molecule has 3 aromatic heterocycles. The summed E-state index contributed by atoms with van der Waals surface area (Å²) in [7, 11) is 0. The van der Waals surface area contributed by atoms with E-state index in [0.29, 0.717) is 12.1 Å². The molecule has 4 unspecified atom stereocenters. The van der Waals surface area contributed by atoms with Gasteiger partial charge < -0.3 is 9.80 Å². The van der Waals surface area contributed by atoms with Gasteiger partial charge in [-0.05, 0) is 119 Å². The number of rotatable bonds is 10. The van der Waals surface area contributed by atoms with Crippen molar-refractivity contribution in [1.82, 2.24) is 39.5 Å². The lowest BCUT2D eigenvalue weighted by molar-refractivity contribution is 0.102. The molecule has 7 heterocycles. The van der Waals surface area contributed by atoms with Gasteiger partial charge in [0, 0.05) is 102 Å². The Morgan fingerprint density at radius 3 is 1.62 bits per heavy atom. The first-order valence-electron chi connectivity index (χ1n) is 23.9. The van der Waals surface area contributed by atoms with Crippen LogP contribution in [0.15, 0.2) is 115 Å². The molecule has 0 spiro atoms. The predicted octanol–water partition coefficient (Wildman–Crippen LogP) is 8.76. The lowest BCUT2D eigenvalue weighted by Gasteiger charge is -2.41. The second-order valence-electron chi connectivity index (χ2n) is 18.6. The highest BCUT2D eigenvalue weighted by molar-refractivity contribution is 5.77. The molecule has 63 heavy (non-hydrogen) atoms. The number of piperazine rings is 2. The lowest BCUT2D eigenvalue weighted by Crippen LogP contribution is -2.50. The maximum absolute atomic E-state index is 4.94. The molecule has 4 saturated heterocycles. The minimum Gasteiger partial charge on any atom is -0.354 e. The summed E-state index contributed by atoms with van der Waals surface area (Å²) >= 11 is 0. The van der Waals surface area contributed by atoms with Crippen LogP contribution in [0.1, 0.15) is 68.4 Å². The molecule has 0 bridgehead atoms. The number of likely N-dealkylation sites (tertiary alicyclic amines) is 2. The van der Waals surface area contributed by atoms with Gasteiger partial charge in [-0.2, -0.15) is 0 Å².